The van der Waals surface area contributed by atoms with E-state index < -0.39 is 5.97 Å². The molecule has 7 nitrogen and oxygen atoms in total. The third kappa shape index (κ3) is 3.18. The van der Waals surface area contributed by atoms with E-state index in [0.717, 1.165) is 49.3 Å². The number of hydrogen-bond acceptors (Lipinski definition) is 6. The predicted molar refractivity (Wildman–Crippen MR) is 88.5 cm³/mol. The lowest BCUT2D eigenvalue weighted by atomic mass is 10.1. The fraction of sp³-hybridized carbons (Fsp3) is 0.312. The largest absolute Gasteiger partial charge is 0.478 e. The molecule has 0 bridgehead atoms. The number of nitrogens with zero attached hydrogens (tertiary/aromatic N) is 3. The van der Waals surface area contributed by atoms with Crippen LogP contribution in [0.3, 0.4) is 0 Å². The maximum atomic E-state index is 10.8. The number of rotatable bonds is 5. The topological polar surface area (TPSA) is 118 Å². The highest BCUT2D eigenvalue weighted by Gasteiger charge is 2.24. The van der Waals surface area contributed by atoms with Crippen LogP contribution in [0.2, 0.25) is 0 Å². The van der Waals surface area contributed by atoms with Gasteiger partial charge < -0.3 is 21.5 Å². The van der Waals surface area contributed by atoms with Crippen LogP contribution < -0.4 is 16.4 Å². The first-order chi connectivity index (χ1) is 11.0. The van der Waals surface area contributed by atoms with Crippen LogP contribution >= 0.6 is 0 Å². The van der Waals surface area contributed by atoms with Gasteiger partial charge in [-0.15, -0.1) is 0 Å². The number of aryl methyl sites for hydroxylation is 1. The number of aromatic carboxylic acids is 1. The fourth-order valence-corrected chi connectivity index (χ4v) is 2.92. The lowest BCUT2D eigenvalue weighted by Gasteiger charge is -2.20. The molecule has 0 spiro atoms. The molecule has 1 aliphatic rings. The van der Waals surface area contributed by atoms with E-state index in [2.05, 4.69) is 14.9 Å². The molecule has 7 heteroatoms. The summed E-state index contributed by atoms with van der Waals surface area (Å²) in [5.41, 5.74) is 14.8. The summed E-state index contributed by atoms with van der Waals surface area (Å²) < 4.78 is 0. The molecular formula is C16H19N5O2. The van der Waals surface area contributed by atoms with Gasteiger partial charge in [0.15, 0.2) is 5.82 Å². The van der Waals surface area contributed by atoms with E-state index >= 15 is 0 Å². The van der Waals surface area contributed by atoms with Gasteiger partial charge in [0.2, 0.25) is 5.95 Å². The highest BCUT2D eigenvalue weighted by molar-refractivity contribution is 5.87. The summed E-state index contributed by atoms with van der Waals surface area (Å²) in [7, 11) is 0. The predicted octanol–water partition coefficient (Wildman–Crippen LogP) is 1.33. The Balaban J connectivity index is 1.60. The minimum Gasteiger partial charge on any atom is -0.478 e. The molecule has 1 aromatic carbocycles. The fourth-order valence-electron chi connectivity index (χ4n) is 2.92. The highest BCUT2D eigenvalue weighted by Crippen LogP contribution is 2.31. The molecule has 0 saturated carbocycles. The van der Waals surface area contributed by atoms with Crippen molar-refractivity contribution in [3.63, 3.8) is 0 Å². The second kappa shape index (κ2) is 6.12. The average Bonchev–Trinajstić information content (AvgIpc) is 2.91. The smallest absolute Gasteiger partial charge is 0.335 e. The molecular weight excluding hydrogens is 294 g/mol. The van der Waals surface area contributed by atoms with Crippen LogP contribution in [0.1, 0.15) is 28.0 Å². The van der Waals surface area contributed by atoms with Crippen LogP contribution in [-0.4, -0.2) is 34.1 Å². The van der Waals surface area contributed by atoms with Gasteiger partial charge in [0.25, 0.3) is 0 Å². The summed E-state index contributed by atoms with van der Waals surface area (Å²) in [6, 6.07) is 6.99. The lowest BCUT2D eigenvalue weighted by Crippen LogP contribution is -2.23. The Kier molecular flexibility index (Phi) is 4.01. The van der Waals surface area contributed by atoms with Crippen LogP contribution in [0.15, 0.2) is 24.3 Å². The molecule has 0 aliphatic carbocycles. The average molecular weight is 313 g/mol. The van der Waals surface area contributed by atoms with Crippen LogP contribution in [0.4, 0.5) is 17.5 Å². The summed E-state index contributed by atoms with van der Waals surface area (Å²) in [6.45, 7) is 1.72. The van der Waals surface area contributed by atoms with Crippen molar-refractivity contribution in [2.75, 3.05) is 29.5 Å². The number of benzene rings is 1. The van der Waals surface area contributed by atoms with Gasteiger partial charge >= 0.3 is 5.97 Å². The maximum absolute atomic E-state index is 10.8. The third-order valence-corrected chi connectivity index (χ3v) is 4.03. The minimum atomic E-state index is -0.903. The van der Waals surface area contributed by atoms with E-state index in [-0.39, 0.29) is 5.95 Å². The van der Waals surface area contributed by atoms with E-state index in [1.807, 2.05) is 12.1 Å². The SMILES string of the molecule is Nc1nc(N)c2c(n1)CCN2CCCc1ccc(C(=O)O)cc1. The zero-order chi connectivity index (χ0) is 16.4. The molecule has 1 aliphatic heterocycles. The Morgan fingerprint density at radius 1 is 1.22 bits per heavy atom. The zero-order valence-corrected chi connectivity index (χ0v) is 12.7. The van der Waals surface area contributed by atoms with Crippen molar-refractivity contribution in [3.8, 4) is 0 Å². The Bertz CT molecular complexity index is 730. The zero-order valence-electron chi connectivity index (χ0n) is 12.7. The second-order valence-electron chi connectivity index (χ2n) is 5.61. The Morgan fingerprint density at radius 2 is 1.96 bits per heavy atom. The summed E-state index contributed by atoms with van der Waals surface area (Å²) in [4.78, 5) is 21.3. The van der Waals surface area contributed by atoms with Gasteiger partial charge in [0.05, 0.1) is 11.3 Å². The number of hydrogen-bond donors (Lipinski definition) is 3. The van der Waals surface area contributed by atoms with Crippen LogP contribution in [-0.2, 0) is 12.8 Å². The molecule has 2 aromatic rings. The lowest BCUT2D eigenvalue weighted by molar-refractivity contribution is 0.0697. The van der Waals surface area contributed by atoms with E-state index in [9.17, 15) is 4.79 Å². The number of carbonyl (C=O) groups is 1. The Morgan fingerprint density at radius 3 is 2.65 bits per heavy atom. The number of carboxylic acid groups (broad SMARTS) is 1. The van der Waals surface area contributed by atoms with Crippen molar-refractivity contribution >= 4 is 23.4 Å². The summed E-state index contributed by atoms with van der Waals surface area (Å²) >= 11 is 0. The van der Waals surface area contributed by atoms with Crippen molar-refractivity contribution in [2.45, 2.75) is 19.3 Å². The maximum Gasteiger partial charge on any atom is 0.335 e. The number of aromatic nitrogens is 2. The molecule has 3 rings (SSSR count). The molecule has 0 amide bonds. The number of fused-ring (bicyclic) bond motifs is 1. The van der Waals surface area contributed by atoms with E-state index in [0.29, 0.717) is 11.4 Å². The Labute approximate surface area is 134 Å². The molecule has 23 heavy (non-hydrogen) atoms. The van der Waals surface area contributed by atoms with Gasteiger partial charge in [-0.3, -0.25) is 0 Å². The number of nitrogens with two attached hydrogens (primary N) is 2. The first-order valence-electron chi connectivity index (χ1n) is 7.53. The summed E-state index contributed by atoms with van der Waals surface area (Å²) in [5, 5.41) is 8.89. The molecule has 2 heterocycles. The summed E-state index contributed by atoms with van der Waals surface area (Å²) in [5.74, 6) is -0.239. The molecule has 120 valence electrons. The monoisotopic (exact) mass is 313 g/mol. The van der Waals surface area contributed by atoms with Crippen molar-refractivity contribution < 1.29 is 9.90 Å². The molecule has 0 radical (unpaired) electrons. The first-order valence-corrected chi connectivity index (χ1v) is 7.53. The van der Waals surface area contributed by atoms with Crippen molar-refractivity contribution in [1.29, 1.82) is 0 Å². The Hall–Kier alpha value is -2.83. The van der Waals surface area contributed by atoms with Crippen LogP contribution in [0, 0.1) is 0 Å². The second-order valence-corrected chi connectivity index (χ2v) is 5.61. The van der Waals surface area contributed by atoms with Crippen LogP contribution in [0.5, 0.6) is 0 Å². The number of nitrogen functional groups attached to an aromatic ring is 2. The molecule has 0 atom stereocenters. The normalized spacial score (nSPS) is 13.1. The first kappa shape index (κ1) is 15.1. The van der Waals surface area contributed by atoms with E-state index in [4.69, 9.17) is 16.6 Å². The van der Waals surface area contributed by atoms with Gasteiger partial charge in [0, 0.05) is 19.5 Å². The third-order valence-electron chi connectivity index (χ3n) is 4.03. The van der Waals surface area contributed by atoms with Gasteiger partial charge in [-0.2, -0.15) is 4.98 Å². The van der Waals surface area contributed by atoms with Gasteiger partial charge in [-0.05, 0) is 30.5 Å². The number of carboxylic acids is 1. The molecule has 0 fully saturated rings. The van der Waals surface area contributed by atoms with Crippen molar-refractivity contribution in [2.24, 2.45) is 0 Å². The highest BCUT2D eigenvalue weighted by atomic mass is 16.4. The van der Waals surface area contributed by atoms with E-state index in [1.54, 1.807) is 12.1 Å². The summed E-state index contributed by atoms with van der Waals surface area (Å²) in [6.07, 6.45) is 2.65. The molecule has 1 aromatic heterocycles. The molecule has 5 N–H and O–H groups in total. The molecule has 0 unspecified atom stereocenters. The van der Waals surface area contributed by atoms with Crippen molar-refractivity contribution in [1.82, 2.24) is 9.97 Å². The standard InChI is InChI=1S/C16H19N5O2/c17-14-13-12(19-16(18)20-14)7-9-21(13)8-1-2-10-3-5-11(6-4-10)15(22)23/h3-6H,1-2,7-9H2,(H,22,23)(H4,17,18,19,20). The quantitative estimate of drug-likeness (QED) is 0.762. The number of anilines is 3. The van der Waals surface area contributed by atoms with E-state index in [1.165, 1.54) is 0 Å². The van der Waals surface area contributed by atoms with Gasteiger partial charge in [-0.1, -0.05) is 12.1 Å². The van der Waals surface area contributed by atoms with Crippen LogP contribution in [0.25, 0.3) is 0 Å². The van der Waals surface area contributed by atoms with Gasteiger partial charge in [0.1, 0.15) is 5.69 Å². The minimum absolute atomic E-state index is 0.224. The molecule has 0 saturated heterocycles. The van der Waals surface area contributed by atoms with Crippen molar-refractivity contribution in [3.05, 3.63) is 41.1 Å². The van der Waals surface area contributed by atoms with Gasteiger partial charge in [-0.25, -0.2) is 9.78 Å².